The minimum absolute atomic E-state index is 0.0273. The molecule has 3 aromatic rings. The summed E-state index contributed by atoms with van der Waals surface area (Å²) in [5.74, 6) is -1.08. The molecule has 0 fully saturated rings. The van der Waals surface area contributed by atoms with Crippen LogP contribution in [0.2, 0.25) is 5.02 Å². The molecule has 0 aliphatic rings. The van der Waals surface area contributed by atoms with Gasteiger partial charge in [0.2, 0.25) is 0 Å². The monoisotopic (exact) mass is 302 g/mol. The van der Waals surface area contributed by atoms with Crippen LogP contribution in [0.1, 0.15) is 21.7 Å². The first-order chi connectivity index (χ1) is 10.0. The first-order valence-corrected chi connectivity index (χ1v) is 6.60. The maximum atomic E-state index is 11.0. The lowest BCUT2D eigenvalue weighted by molar-refractivity contribution is 0.0688. The van der Waals surface area contributed by atoms with E-state index in [-0.39, 0.29) is 5.69 Å². The van der Waals surface area contributed by atoms with E-state index in [0.29, 0.717) is 17.3 Å². The summed E-state index contributed by atoms with van der Waals surface area (Å²) in [6.45, 7) is 2.01. The molecular formula is C14H11ClN4O2. The molecule has 0 saturated carbocycles. The third-order valence-corrected chi connectivity index (χ3v) is 3.27. The molecule has 6 nitrogen and oxygen atoms in total. The number of nitrogens with zero attached hydrogens (tertiary/aromatic N) is 4. The second kappa shape index (κ2) is 5.14. The van der Waals surface area contributed by atoms with Crippen molar-refractivity contribution in [2.45, 2.75) is 13.5 Å². The Balaban J connectivity index is 1.94. The van der Waals surface area contributed by atoms with Crippen LogP contribution in [0.3, 0.4) is 0 Å². The van der Waals surface area contributed by atoms with Crippen molar-refractivity contribution < 1.29 is 9.90 Å². The highest BCUT2D eigenvalue weighted by atomic mass is 35.5. The van der Waals surface area contributed by atoms with Crippen LogP contribution in [0, 0.1) is 6.92 Å². The third kappa shape index (κ3) is 2.71. The molecule has 0 atom stereocenters. The second-order valence-electron chi connectivity index (χ2n) is 4.65. The normalized spacial score (nSPS) is 11.0. The number of fused-ring (bicyclic) bond motifs is 1. The van der Waals surface area contributed by atoms with Gasteiger partial charge in [0.1, 0.15) is 0 Å². The Morgan fingerprint density at radius 2 is 2.14 bits per heavy atom. The molecule has 0 spiro atoms. The number of benzene rings is 1. The number of carbonyl (C=O) groups is 1. The number of hydrogen-bond acceptors (Lipinski definition) is 4. The number of aryl methyl sites for hydroxylation is 1. The van der Waals surface area contributed by atoms with Crippen molar-refractivity contribution in [3.8, 4) is 0 Å². The number of carboxylic acids is 1. The van der Waals surface area contributed by atoms with Gasteiger partial charge in [-0.1, -0.05) is 17.7 Å². The standard InChI is InChI=1S/C14H11ClN4O2/c1-8-13(14(20)21)18-19(17-8)7-9-2-3-12-10(4-9)5-11(15)6-16-12/h2-6H,7H2,1H3,(H,20,21). The highest BCUT2D eigenvalue weighted by Gasteiger charge is 2.14. The van der Waals surface area contributed by atoms with E-state index in [2.05, 4.69) is 15.2 Å². The van der Waals surface area contributed by atoms with E-state index in [0.717, 1.165) is 16.5 Å². The summed E-state index contributed by atoms with van der Waals surface area (Å²) in [5.41, 5.74) is 2.16. The Morgan fingerprint density at radius 1 is 1.33 bits per heavy atom. The van der Waals surface area contributed by atoms with E-state index in [1.54, 1.807) is 13.1 Å². The van der Waals surface area contributed by atoms with Crippen LogP contribution in [0.15, 0.2) is 30.5 Å². The third-order valence-electron chi connectivity index (χ3n) is 3.06. The molecule has 0 bridgehead atoms. The van der Waals surface area contributed by atoms with Crippen LogP contribution in [0.4, 0.5) is 0 Å². The van der Waals surface area contributed by atoms with E-state index in [1.165, 1.54) is 4.80 Å². The van der Waals surface area contributed by atoms with Gasteiger partial charge in [0, 0.05) is 11.6 Å². The molecule has 3 rings (SSSR count). The molecule has 0 unspecified atom stereocenters. The van der Waals surface area contributed by atoms with Crippen LogP contribution in [-0.4, -0.2) is 31.1 Å². The Labute approximate surface area is 125 Å². The van der Waals surface area contributed by atoms with Crippen molar-refractivity contribution in [2.24, 2.45) is 0 Å². The largest absolute Gasteiger partial charge is 0.476 e. The van der Waals surface area contributed by atoms with Crippen LogP contribution >= 0.6 is 11.6 Å². The van der Waals surface area contributed by atoms with Crippen LogP contribution in [0.25, 0.3) is 10.9 Å². The van der Waals surface area contributed by atoms with Crippen molar-refractivity contribution in [1.82, 2.24) is 20.0 Å². The number of aromatic carboxylic acids is 1. The molecule has 7 heteroatoms. The quantitative estimate of drug-likeness (QED) is 0.804. The smallest absolute Gasteiger partial charge is 0.358 e. The van der Waals surface area contributed by atoms with Crippen LogP contribution < -0.4 is 0 Å². The van der Waals surface area contributed by atoms with E-state index in [9.17, 15) is 4.79 Å². The number of rotatable bonds is 3. The fourth-order valence-electron chi connectivity index (χ4n) is 2.11. The van der Waals surface area contributed by atoms with E-state index in [1.807, 2.05) is 24.3 Å². The zero-order chi connectivity index (χ0) is 15.0. The lowest BCUT2D eigenvalue weighted by atomic mass is 10.1. The van der Waals surface area contributed by atoms with E-state index >= 15 is 0 Å². The van der Waals surface area contributed by atoms with Crippen molar-refractivity contribution in [1.29, 1.82) is 0 Å². The highest BCUT2D eigenvalue weighted by molar-refractivity contribution is 6.31. The number of halogens is 1. The van der Waals surface area contributed by atoms with E-state index in [4.69, 9.17) is 16.7 Å². The van der Waals surface area contributed by atoms with Gasteiger partial charge in [0.05, 0.1) is 22.8 Å². The fraction of sp³-hybridized carbons (Fsp3) is 0.143. The predicted molar refractivity (Wildman–Crippen MR) is 77.6 cm³/mol. The predicted octanol–water partition coefficient (Wildman–Crippen LogP) is 2.53. The van der Waals surface area contributed by atoms with Crippen molar-refractivity contribution in [3.63, 3.8) is 0 Å². The minimum Gasteiger partial charge on any atom is -0.476 e. The zero-order valence-electron chi connectivity index (χ0n) is 11.1. The maximum Gasteiger partial charge on any atom is 0.358 e. The molecule has 0 radical (unpaired) electrons. The molecule has 21 heavy (non-hydrogen) atoms. The van der Waals surface area contributed by atoms with Crippen LogP contribution in [-0.2, 0) is 6.54 Å². The summed E-state index contributed by atoms with van der Waals surface area (Å²) in [6.07, 6.45) is 1.60. The summed E-state index contributed by atoms with van der Waals surface area (Å²) in [6, 6.07) is 7.56. The molecular weight excluding hydrogens is 292 g/mol. The SMILES string of the molecule is Cc1nn(Cc2ccc3ncc(Cl)cc3c2)nc1C(=O)O. The lowest BCUT2D eigenvalue weighted by Crippen LogP contribution is -2.05. The lowest BCUT2D eigenvalue weighted by Gasteiger charge is -2.03. The van der Waals surface area contributed by atoms with Gasteiger partial charge < -0.3 is 5.11 Å². The first-order valence-electron chi connectivity index (χ1n) is 6.22. The Morgan fingerprint density at radius 3 is 2.86 bits per heavy atom. The molecule has 106 valence electrons. The molecule has 2 aromatic heterocycles. The van der Waals surface area contributed by atoms with Crippen molar-refractivity contribution in [3.05, 3.63) is 52.4 Å². The first kappa shape index (κ1) is 13.5. The molecule has 0 aliphatic carbocycles. The number of carboxylic acid groups (broad SMARTS) is 1. The topological polar surface area (TPSA) is 80.9 Å². The molecule has 0 amide bonds. The van der Waals surface area contributed by atoms with Gasteiger partial charge in [0.25, 0.3) is 0 Å². The maximum absolute atomic E-state index is 11.0. The van der Waals surface area contributed by atoms with Gasteiger partial charge in [-0.2, -0.15) is 9.90 Å². The van der Waals surface area contributed by atoms with Gasteiger partial charge >= 0.3 is 5.97 Å². The molecule has 1 aromatic carbocycles. The average molecular weight is 303 g/mol. The Kier molecular flexibility index (Phi) is 3.31. The minimum atomic E-state index is -1.08. The highest BCUT2D eigenvalue weighted by Crippen LogP contribution is 2.18. The van der Waals surface area contributed by atoms with Gasteiger partial charge in [0.15, 0.2) is 5.69 Å². The van der Waals surface area contributed by atoms with Gasteiger partial charge in [-0.3, -0.25) is 4.98 Å². The average Bonchev–Trinajstić information content (AvgIpc) is 2.79. The molecule has 2 heterocycles. The Hall–Kier alpha value is -2.47. The summed E-state index contributed by atoms with van der Waals surface area (Å²) in [7, 11) is 0. The Bertz CT molecular complexity index is 844. The van der Waals surface area contributed by atoms with Gasteiger partial charge in [-0.05, 0) is 30.7 Å². The molecule has 0 saturated heterocycles. The van der Waals surface area contributed by atoms with Crippen molar-refractivity contribution in [2.75, 3.05) is 0 Å². The summed E-state index contributed by atoms with van der Waals surface area (Å²) < 4.78 is 0. The number of aromatic nitrogens is 4. The summed E-state index contributed by atoms with van der Waals surface area (Å²) >= 11 is 5.93. The molecule has 1 N–H and O–H groups in total. The van der Waals surface area contributed by atoms with Crippen molar-refractivity contribution >= 4 is 28.5 Å². The summed E-state index contributed by atoms with van der Waals surface area (Å²) in [5, 5.41) is 18.5. The van der Waals surface area contributed by atoms with Gasteiger partial charge in [-0.15, -0.1) is 5.10 Å². The van der Waals surface area contributed by atoms with E-state index < -0.39 is 5.97 Å². The summed E-state index contributed by atoms with van der Waals surface area (Å²) in [4.78, 5) is 16.6. The zero-order valence-corrected chi connectivity index (χ0v) is 11.9. The fourth-order valence-corrected chi connectivity index (χ4v) is 2.28. The number of pyridine rings is 1. The van der Waals surface area contributed by atoms with Gasteiger partial charge in [-0.25, -0.2) is 4.79 Å². The van der Waals surface area contributed by atoms with Crippen LogP contribution in [0.5, 0.6) is 0 Å². The second-order valence-corrected chi connectivity index (χ2v) is 5.09. The number of hydrogen-bond donors (Lipinski definition) is 1. The molecule has 0 aliphatic heterocycles.